The summed E-state index contributed by atoms with van der Waals surface area (Å²) in [6, 6.07) is 3.68. The van der Waals surface area contributed by atoms with Crippen molar-refractivity contribution in [3.63, 3.8) is 0 Å². The number of hydrogen-bond acceptors (Lipinski definition) is 3. The number of benzene rings is 1. The second-order valence-corrected chi connectivity index (χ2v) is 3.83. The summed E-state index contributed by atoms with van der Waals surface area (Å²) < 4.78 is 24.9. The van der Waals surface area contributed by atoms with Crippen LogP contribution in [0.4, 0.5) is 8.78 Å². The number of amides is 1. The van der Waals surface area contributed by atoms with Crippen molar-refractivity contribution in [1.82, 2.24) is 10.6 Å². The zero-order valence-corrected chi connectivity index (χ0v) is 9.95. The predicted octanol–water partition coefficient (Wildman–Crippen LogP) is 1.38. The summed E-state index contributed by atoms with van der Waals surface area (Å²) in [5.74, 6) is -0.574. The van der Waals surface area contributed by atoms with E-state index in [1.807, 2.05) is 0 Å². The van der Waals surface area contributed by atoms with Gasteiger partial charge in [0.2, 0.25) is 5.96 Å². The van der Waals surface area contributed by atoms with Crippen molar-refractivity contribution in [3.8, 4) is 5.75 Å². The first-order valence-corrected chi connectivity index (χ1v) is 5.39. The summed E-state index contributed by atoms with van der Waals surface area (Å²) in [6.07, 6.45) is -1.31. The van der Waals surface area contributed by atoms with Gasteiger partial charge in [0.15, 0.2) is 0 Å². The average Bonchev–Trinajstić information content (AvgIpc) is 2.70. The summed E-state index contributed by atoms with van der Waals surface area (Å²) in [5, 5.41) is 14.6. The highest BCUT2D eigenvalue weighted by atomic mass is 19.3. The second kappa shape index (κ2) is 5.05. The van der Waals surface area contributed by atoms with Crippen LogP contribution in [0.15, 0.2) is 28.9 Å². The molecule has 1 fully saturated rings. The van der Waals surface area contributed by atoms with E-state index in [0.717, 1.165) is 6.07 Å². The maximum Gasteiger partial charge on any atom is 0.274 e. The number of alkyl halides is 2. The lowest BCUT2D eigenvalue weighted by Crippen LogP contribution is -2.24. The third kappa shape index (κ3) is 2.70. The number of aliphatic imine (C=N–C) groups is 1. The number of guanidine groups is 1. The normalized spacial score (nSPS) is 19.1. The lowest BCUT2D eigenvalue weighted by molar-refractivity contribution is -0.115. The molecule has 1 aliphatic rings. The average molecular weight is 267 g/mol. The Labute approximate surface area is 107 Å². The Bertz CT molecular complexity index is 582. The van der Waals surface area contributed by atoms with Crippen molar-refractivity contribution in [1.29, 1.82) is 0 Å². The van der Waals surface area contributed by atoms with E-state index >= 15 is 0 Å². The molecule has 1 amide bonds. The maximum absolute atomic E-state index is 12.5. The number of carbonyl (C=O) groups is 1. The molecule has 2 rings (SSSR count). The van der Waals surface area contributed by atoms with Crippen LogP contribution in [0.25, 0.3) is 6.08 Å². The van der Waals surface area contributed by atoms with E-state index in [2.05, 4.69) is 15.6 Å². The fraction of sp³-hybridized carbons (Fsp3) is 0.167. The Balaban J connectivity index is 2.29. The van der Waals surface area contributed by atoms with E-state index in [9.17, 15) is 18.7 Å². The highest BCUT2D eigenvalue weighted by Gasteiger charge is 2.21. The molecule has 0 radical (unpaired) electrons. The molecule has 5 nitrogen and oxygen atoms in total. The monoisotopic (exact) mass is 267 g/mol. The molecule has 3 N–H and O–H groups in total. The highest BCUT2D eigenvalue weighted by molar-refractivity contribution is 6.15. The first kappa shape index (κ1) is 13.0. The Morgan fingerprint density at radius 1 is 1.37 bits per heavy atom. The largest absolute Gasteiger partial charge is 0.507 e. The molecule has 1 saturated heterocycles. The van der Waals surface area contributed by atoms with Crippen LogP contribution in [0.5, 0.6) is 5.75 Å². The summed E-state index contributed by atoms with van der Waals surface area (Å²) in [4.78, 5) is 15.3. The van der Waals surface area contributed by atoms with Gasteiger partial charge in [0.25, 0.3) is 12.3 Å². The molecule has 0 atom stereocenters. The van der Waals surface area contributed by atoms with Crippen LogP contribution in [0.3, 0.4) is 0 Å². The Morgan fingerprint density at radius 2 is 2.11 bits per heavy atom. The molecule has 1 aromatic carbocycles. The predicted molar refractivity (Wildman–Crippen MR) is 65.7 cm³/mol. The fourth-order valence-corrected chi connectivity index (χ4v) is 1.61. The van der Waals surface area contributed by atoms with Crippen molar-refractivity contribution < 1.29 is 18.7 Å². The van der Waals surface area contributed by atoms with Crippen LogP contribution in [0, 0.1) is 0 Å². The van der Waals surface area contributed by atoms with Gasteiger partial charge in [0, 0.05) is 7.05 Å². The number of aromatic hydroxyl groups is 1. The van der Waals surface area contributed by atoms with Gasteiger partial charge in [-0.3, -0.25) is 15.1 Å². The first-order valence-electron chi connectivity index (χ1n) is 5.39. The summed E-state index contributed by atoms with van der Waals surface area (Å²) in [7, 11) is 1.51. The molecule has 0 unspecified atom stereocenters. The molecule has 0 spiro atoms. The van der Waals surface area contributed by atoms with Gasteiger partial charge in [-0.1, -0.05) is 6.07 Å². The Kier molecular flexibility index (Phi) is 3.46. The van der Waals surface area contributed by atoms with Crippen LogP contribution < -0.4 is 10.6 Å². The van der Waals surface area contributed by atoms with E-state index in [1.54, 1.807) is 0 Å². The molecule has 1 heterocycles. The highest BCUT2D eigenvalue weighted by Crippen LogP contribution is 2.29. The topological polar surface area (TPSA) is 73.7 Å². The lowest BCUT2D eigenvalue weighted by Gasteiger charge is -2.04. The quantitative estimate of drug-likeness (QED) is 0.709. The van der Waals surface area contributed by atoms with Gasteiger partial charge in [-0.15, -0.1) is 0 Å². The summed E-state index contributed by atoms with van der Waals surface area (Å²) >= 11 is 0. The summed E-state index contributed by atoms with van der Waals surface area (Å²) in [5.41, 5.74) is 0.212. The van der Waals surface area contributed by atoms with Crippen molar-refractivity contribution in [2.75, 3.05) is 7.05 Å². The number of phenolic OH excluding ortho intramolecular Hbond substituents is 1. The van der Waals surface area contributed by atoms with E-state index < -0.39 is 17.7 Å². The van der Waals surface area contributed by atoms with Crippen LogP contribution >= 0.6 is 0 Å². The number of nitrogens with one attached hydrogen (secondary N) is 2. The van der Waals surface area contributed by atoms with E-state index in [1.165, 1.54) is 25.3 Å². The molecule has 0 aromatic heterocycles. The molecule has 7 heteroatoms. The number of hydrogen-bond donors (Lipinski definition) is 3. The van der Waals surface area contributed by atoms with E-state index in [4.69, 9.17) is 0 Å². The van der Waals surface area contributed by atoms with Crippen LogP contribution in [-0.4, -0.2) is 24.0 Å². The fourth-order valence-electron chi connectivity index (χ4n) is 1.61. The van der Waals surface area contributed by atoms with Crippen molar-refractivity contribution in [2.24, 2.45) is 4.99 Å². The smallest absolute Gasteiger partial charge is 0.274 e. The second-order valence-electron chi connectivity index (χ2n) is 3.83. The standard InChI is InChI=1S/C12H11F2N3O2/c1-15-12-16-8(11(19)17-12)4-6-2-3-7(10(13)14)9(18)5-6/h2-5,10,18H,1H3,(H2,15,16,17,19)/b8-4-. The minimum Gasteiger partial charge on any atom is -0.507 e. The minimum absolute atomic E-state index is 0.227. The number of rotatable bonds is 2. The minimum atomic E-state index is -2.74. The number of halogens is 2. The SMILES string of the molecule is CN=C1NC(=O)/C(=C/c2ccc(C(F)F)c(O)c2)N1. The lowest BCUT2D eigenvalue weighted by atomic mass is 10.1. The van der Waals surface area contributed by atoms with E-state index in [0.29, 0.717) is 11.5 Å². The maximum atomic E-state index is 12.5. The Morgan fingerprint density at radius 3 is 2.63 bits per heavy atom. The molecule has 0 bridgehead atoms. The molecule has 100 valence electrons. The van der Waals surface area contributed by atoms with Crippen molar-refractivity contribution in [3.05, 3.63) is 35.0 Å². The molecule has 1 aliphatic heterocycles. The molecule has 1 aromatic rings. The zero-order chi connectivity index (χ0) is 14.0. The van der Waals surface area contributed by atoms with E-state index in [-0.39, 0.29) is 11.6 Å². The van der Waals surface area contributed by atoms with Crippen molar-refractivity contribution in [2.45, 2.75) is 6.43 Å². The van der Waals surface area contributed by atoms with Crippen LogP contribution in [0.1, 0.15) is 17.6 Å². The molecule has 0 saturated carbocycles. The van der Waals surface area contributed by atoms with Gasteiger partial charge in [0.1, 0.15) is 11.4 Å². The van der Waals surface area contributed by atoms with Gasteiger partial charge in [0.05, 0.1) is 5.56 Å². The molecule has 0 aliphatic carbocycles. The van der Waals surface area contributed by atoms with Crippen LogP contribution in [-0.2, 0) is 4.79 Å². The van der Waals surface area contributed by atoms with Crippen molar-refractivity contribution >= 4 is 17.9 Å². The zero-order valence-electron chi connectivity index (χ0n) is 9.95. The van der Waals surface area contributed by atoms with Crippen LogP contribution in [0.2, 0.25) is 0 Å². The number of carbonyl (C=O) groups excluding carboxylic acids is 1. The molecular weight excluding hydrogens is 256 g/mol. The van der Waals surface area contributed by atoms with Gasteiger partial charge < -0.3 is 10.4 Å². The van der Waals surface area contributed by atoms with Gasteiger partial charge >= 0.3 is 0 Å². The third-order valence-electron chi connectivity index (χ3n) is 2.55. The van der Waals surface area contributed by atoms with Gasteiger partial charge in [-0.2, -0.15) is 0 Å². The molecular formula is C12H11F2N3O2. The van der Waals surface area contributed by atoms with Gasteiger partial charge in [-0.05, 0) is 23.8 Å². The molecule has 19 heavy (non-hydrogen) atoms. The third-order valence-corrected chi connectivity index (χ3v) is 2.55. The Hall–Kier alpha value is -2.44. The van der Waals surface area contributed by atoms with Gasteiger partial charge in [-0.25, -0.2) is 8.78 Å². The number of nitrogens with zero attached hydrogens (tertiary/aromatic N) is 1. The summed E-state index contributed by atoms with van der Waals surface area (Å²) in [6.45, 7) is 0. The first-order chi connectivity index (χ1) is 9.01. The number of phenols is 1.